The van der Waals surface area contributed by atoms with Crippen molar-refractivity contribution in [3.05, 3.63) is 79.7 Å². The van der Waals surface area contributed by atoms with Crippen molar-refractivity contribution >= 4 is 94.5 Å². The minimum atomic E-state index is -0.826. The summed E-state index contributed by atoms with van der Waals surface area (Å²) >= 11 is 22.9. The van der Waals surface area contributed by atoms with Gasteiger partial charge in [0, 0.05) is 19.6 Å². The first-order valence-corrected chi connectivity index (χ1v) is 18.6. The fraction of sp³-hybridized carbons (Fsp3) is 0.182. The van der Waals surface area contributed by atoms with Crippen LogP contribution in [0.1, 0.15) is 11.1 Å². The maximum atomic E-state index is 5.99. The Kier molecular flexibility index (Phi) is 13.9. The minimum absolute atomic E-state index is 0.693. The van der Waals surface area contributed by atoms with Crippen molar-refractivity contribution in [2.24, 2.45) is 0 Å². The van der Waals surface area contributed by atoms with Gasteiger partial charge in [0.25, 0.3) is 0 Å². The van der Waals surface area contributed by atoms with Gasteiger partial charge in [0.15, 0.2) is 0 Å². The van der Waals surface area contributed by atoms with E-state index in [0.29, 0.717) is 10.0 Å². The van der Waals surface area contributed by atoms with Crippen LogP contribution >= 0.6 is 63.4 Å². The zero-order valence-electron chi connectivity index (χ0n) is 16.9. The van der Waals surface area contributed by atoms with Crippen LogP contribution in [0.3, 0.4) is 0 Å². The fourth-order valence-corrected chi connectivity index (χ4v) is 3.91. The first-order valence-electron chi connectivity index (χ1n) is 8.75. The summed E-state index contributed by atoms with van der Waals surface area (Å²) in [5.41, 5.74) is 2.43. The van der Waals surface area contributed by atoms with Crippen LogP contribution in [0.4, 0.5) is 0 Å². The zero-order valence-corrected chi connectivity index (χ0v) is 24.9. The monoisotopic (exact) mass is 612 g/mol. The third-order valence-electron chi connectivity index (χ3n) is 3.76. The Morgan fingerprint density at radius 2 is 0.967 bits per heavy atom. The van der Waals surface area contributed by atoms with E-state index in [9.17, 15) is 0 Å². The molecule has 30 heavy (non-hydrogen) atoms. The van der Waals surface area contributed by atoms with Crippen LogP contribution in [-0.4, -0.2) is 9.52 Å². The molecule has 0 aliphatic heterocycles. The number of rotatable bonds is 0. The van der Waals surface area contributed by atoms with Gasteiger partial charge in [0.1, 0.15) is 0 Å². The van der Waals surface area contributed by atoms with Gasteiger partial charge in [-0.2, -0.15) is 12.1 Å². The standard InChI is InChI=1S/2C10H7Cl2.C2H6Si.2ClH.Zr/c2*1-6-2-7-4-8(11)5-10(12)9(7)3-6;1-3-2;;;/h2*2-5H,1H3;1-2H3;2*1H;/q2*-1;;;;+4/p-2. The van der Waals surface area contributed by atoms with Gasteiger partial charge >= 0.3 is 37.9 Å². The molecule has 0 aromatic heterocycles. The van der Waals surface area contributed by atoms with Crippen LogP contribution in [0.5, 0.6) is 0 Å². The van der Waals surface area contributed by atoms with E-state index < -0.39 is 20.8 Å². The molecule has 2 radical (unpaired) electrons. The summed E-state index contributed by atoms with van der Waals surface area (Å²) in [7, 11) is 11.0. The normalized spacial score (nSPS) is 9.67. The fourth-order valence-electron chi connectivity index (χ4n) is 2.78. The van der Waals surface area contributed by atoms with Gasteiger partial charge in [-0.1, -0.05) is 73.3 Å². The second-order valence-electron chi connectivity index (χ2n) is 6.42. The molecule has 158 valence electrons. The number of aryl methyl sites for hydroxylation is 2. The van der Waals surface area contributed by atoms with Gasteiger partial charge in [-0.25, -0.2) is 0 Å². The summed E-state index contributed by atoms with van der Waals surface area (Å²) in [5.74, 6) is 0. The van der Waals surface area contributed by atoms with E-state index in [-0.39, 0.29) is 0 Å². The molecule has 4 rings (SSSR count). The van der Waals surface area contributed by atoms with E-state index in [2.05, 4.69) is 37.4 Å². The van der Waals surface area contributed by atoms with Crippen LogP contribution in [0, 0.1) is 13.8 Å². The molecule has 0 aliphatic rings. The molecule has 0 unspecified atom stereocenters. The average Bonchev–Trinajstić information content (AvgIpc) is 3.18. The van der Waals surface area contributed by atoms with Gasteiger partial charge in [0.05, 0.1) is 0 Å². The van der Waals surface area contributed by atoms with E-state index in [1.807, 2.05) is 26.0 Å². The van der Waals surface area contributed by atoms with Gasteiger partial charge in [-0.3, -0.25) is 0 Å². The quantitative estimate of drug-likeness (QED) is 0.136. The molecule has 0 saturated carbocycles. The molecule has 4 aromatic carbocycles. The molecule has 0 nitrogen and oxygen atoms in total. The molecule has 8 heteroatoms. The number of halogens is 6. The van der Waals surface area contributed by atoms with Crippen molar-refractivity contribution in [1.82, 2.24) is 0 Å². The number of fused-ring (bicyclic) bond motifs is 2. The molecule has 0 atom stereocenters. The third kappa shape index (κ3) is 9.16. The van der Waals surface area contributed by atoms with Gasteiger partial charge in [-0.05, 0) is 22.2 Å². The summed E-state index contributed by atoms with van der Waals surface area (Å²) in [6.07, 6.45) is 0. The van der Waals surface area contributed by atoms with Crippen LogP contribution in [0.25, 0.3) is 21.5 Å². The van der Waals surface area contributed by atoms with E-state index in [1.54, 1.807) is 12.1 Å². The zero-order chi connectivity index (χ0) is 22.8. The van der Waals surface area contributed by atoms with Gasteiger partial charge in [0.2, 0.25) is 0 Å². The Balaban J connectivity index is 0.000000239. The molecular weight excluding hydrogens is 596 g/mol. The molecular formula is C22H20Cl6SiZr. The summed E-state index contributed by atoms with van der Waals surface area (Å²) in [6.45, 7) is 8.40. The molecule has 0 heterocycles. The third-order valence-corrected chi connectivity index (χ3v) is 4.82. The Morgan fingerprint density at radius 1 is 0.667 bits per heavy atom. The predicted molar refractivity (Wildman–Crippen MR) is 138 cm³/mol. The van der Waals surface area contributed by atoms with E-state index in [4.69, 9.17) is 63.4 Å². The summed E-state index contributed by atoms with van der Waals surface area (Å²) in [4.78, 5) is 0. The first-order chi connectivity index (χ1) is 14.2. The molecule has 0 aliphatic carbocycles. The second kappa shape index (κ2) is 14.6. The maximum absolute atomic E-state index is 5.99. The number of hydrogen-bond donors (Lipinski definition) is 0. The molecule has 0 bridgehead atoms. The van der Waals surface area contributed by atoms with Crippen LogP contribution in [0.15, 0.2) is 48.5 Å². The van der Waals surface area contributed by atoms with Crippen molar-refractivity contribution in [1.29, 1.82) is 0 Å². The van der Waals surface area contributed by atoms with E-state index in [0.717, 1.165) is 41.1 Å². The molecule has 0 amide bonds. The van der Waals surface area contributed by atoms with Crippen molar-refractivity contribution in [2.75, 3.05) is 0 Å². The summed E-state index contributed by atoms with van der Waals surface area (Å²) in [6, 6.07) is 15.7. The molecule has 0 saturated heterocycles. The van der Waals surface area contributed by atoms with Crippen molar-refractivity contribution in [3.63, 3.8) is 0 Å². The Bertz CT molecular complexity index is 985. The SMILES string of the molecule is C[Si]C.Cc1cc2c(Cl)cc(Cl)cc2[cH-]1.Cc1cc2c(Cl)cc(Cl)cc2[cH-]1.[Cl][Zr+2][Cl]. The van der Waals surface area contributed by atoms with Crippen LogP contribution in [-0.2, 0) is 20.8 Å². The van der Waals surface area contributed by atoms with Crippen molar-refractivity contribution < 1.29 is 20.8 Å². The van der Waals surface area contributed by atoms with E-state index in [1.165, 1.54) is 11.1 Å². The molecule has 4 aromatic rings. The van der Waals surface area contributed by atoms with Gasteiger partial charge in [-0.15, -0.1) is 56.9 Å². The number of benzene rings is 2. The second-order valence-corrected chi connectivity index (χ2v) is 12.8. The topological polar surface area (TPSA) is 0 Å². The Morgan fingerprint density at radius 3 is 1.27 bits per heavy atom. The predicted octanol–water partition coefficient (Wildman–Crippen LogP) is 10.5. The first kappa shape index (κ1) is 28.5. The molecule has 0 fully saturated rings. The Hall–Kier alpha value is 0.500. The summed E-state index contributed by atoms with van der Waals surface area (Å²) < 4.78 is 0. The Labute approximate surface area is 220 Å². The van der Waals surface area contributed by atoms with Crippen molar-refractivity contribution in [3.8, 4) is 0 Å². The summed E-state index contributed by atoms with van der Waals surface area (Å²) in [5, 5.41) is 7.24. The van der Waals surface area contributed by atoms with E-state index >= 15 is 0 Å². The van der Waals surface area contributed by atoms with Gasteiger partial charge < -0.3 is 0 Å². The average molecular weight is 616 g/mol. The number of hydrogen-bond acceptors (Lipinski definition) is 0. The van der Waals surface area contributed by atoms with Crippen LogP contribution in [0.2, 0.25) is 33.2 Å². The van der Waals surface area contributed by atoms with Crippen LogP contribution < -0.4 is 0 Å². The van der Waals surface area contributed by atoms with Crippen molar-refractivity contribution in [2.45, 2.75) is 26.9 Å². The molecule has 0 N–H and O–H groups in total. The molecule has 0 spiro atoms.